The smallest absolute Gasteiger partial charge is 0.127 e. The van der Waals surface area contributed by atoms with Gasteiger partial charge in [0.2, 0.25) is 0 Å². The molecule has 5 heteroatoms. The van der Waals surface area contributed by atoms with E-state index < -0.39 is 0 Å². The molecule has 1 aliphatic rings. The number of imidazole rings is 1. The van der Waals surface area contributed by atoms with Crippen molar-refractivity contribution in [3.8, 4) is 5.75 Å². The Hall–Kier alpha value is -1.85. The summed E-state index contributed by atoms with van der Waals surface area (Å²) in [4.78, 5) is 4.49. The maximum absolute atomic E-state index is 5.81. The minimum atomic E-state index is -0.0415. The van der Waals surface area contributed by atoms with E-state index in [1.807, 2.05) is 30.6 Å². The third-order valence-electron chi connectivity index (χ3n) is 3.81. The number of ether oxygens (including phenoxy) is 1. The maximum Gasteiger partial charge on any atom is 0.127 e. The summed E-state index contributed by atoms with van der Waals surface area (Å²) in [5, 5.41) is 0. The Labute approximate surface area is 118 Å². The summed E-state index contributed by atoms with van der Waals surface area (Å²) < 4.78 is 7.92. The second-order valence-electron chi connectivity index (χ2n) is 5.08. The number of fused-ring (bicyclic) bond motifs is 1. The minimum Gasteiger partial charge on any atom is -0.493 e. The van der Waals surface area contributed by atoms with Crippen LogP contribution in [0.5, 0.6) is 5.75 Å². The van der Waals surface area contributed by atoms with Gasteiger partial charge in [-0.25, -0.2) is 10.4 Å². The van der Waals surface area contributed by atoms with Gasteiger partial charge in [-0.15, -0.1) is 0 Å². The number of hydrogen-bond acceptors (Lipinski definition) is 4. The van der Waals surface area contributed by atoms with Gasteiger partial charge in [0.1, 0.15) is 11.6 Å². The van der Waals surface area contributed by atoms with Gasteiger partial charge in [-0.1, -0.05) is 25.1 Å². The van der Waals surface area contributed by atoms with Gasteiger partial charge >= 0.3 is 0 Å². The molecule has 0 bridgehead atoms. The number of nitrogens with two attached hydrogens (primary N) is 1. The van der Waals surface area contributed by atoms with Crippen molar-refractivity contribution in [3.05, 3.63) is 48.0 Å². The second-order valence-corrected chi connectivity index (χ2v) is 5.08. The van der Waals surface area contributed by atoms with Crippen LogP contribution in [0.25, 0.3) is 0 Å². The summed E-state index contributed by atoms with van der Waals surface area (Å²) in [5.74, 6) is 7.92. The number of para-hydroxylation sites is 1. The van der Waals surface area contributed by atoms with Crippen LogP contribution in [0.2, 0.25) is 0 Å². The van der Waals surface area contributed by atoms with Crippen molar-refractivity contribution in [1.82, 2.24) is 15.0 Å². The van der Waals surface area contributed by atoms with E-state index in [1.165, 1.54) is 5.56 Å². The third-order valence-corrected chi connectivity index (χ3v) is 3.81. The van der Waals surface area contributed by atoms with Crippen molar-refractivity contribution in [2.75, 3.05) is 6.61 Å². The van der Waals surface area contributed by atoms with Gasteiger partial charge in [0.05, 0.1) is 12.6 Å². The number of benzene rings is 1. The Morgan fingerprint density at radius 3 is 3.15 bits per heavy atom. The molecule has 0 radical (unpaired) electrons. The van der Waals surface area contributed by atoms with Crippen molar-refractivity contribution in [2.24, 2.45) is 5.84 Å². The molecule has 20 heavy (non-hydrogen) atoms. The monoisotopic (exact) mass is 272 g/mol. The summed E-state index contributed by atoms with van der Waals surface area (Å²) >= 11 is 0. The maximum atomic E-state index is 5.81. The van der Waals surface area contributed by atoms with Gasteiger partial charge in [-0.05, 0) is 12.5 Å². The lowest BCUT2D eigenvalue weighted by Crippen LogP contribution is -2.35. The molecule has 2 heterocycles. The van der Waals surface area contributed by atoms with Crippen molar-refractivity contribution in [2.45, 2.75) is 31.8 Å². The molecular formula is C15H20N4O. The van der Waals surface area contributed by atoms with E-state index in [9.17, 15) is 0 Å². The van der Waals surface area contributed by atoms with E-state index in [4.69, 9.17) is 10.6 Å². The van der Waals surface area contributed by atoms with Crippen molar-refractivity contribution < 1.29 is 4.74 Å². The van der Waals surface area contributed by atoms with Gasteiger partial charge in [-0.2, -0.15) is 0 Å². The standard InChI is InChI=1S/C15H20N4O/c1-2-8-19-9-7-17-15(19)14(18-16)12-10-20-13-6-4-3-5-11(12)13/h3-7,9,12,14,18H,2,8,10,16H2,1H3. The lowest BCUT2D eigenvalue weighted by molar-refractivity contribution is 0.293. The van der Waals surface area contributed by atoms with E-state index >= 15 is 0 Å². The minimum absolute atomic E-state index is 0.0415. The number of hydrogen-bond donors (Lipinski definition) is 2. The molecule has 3 N–H and O–H groups in total. The molecule has 2 atom stereocenters. The first kappa shape index (κ1) is 13.1. The molecule has 0 saturated heterocycles. The first-order valence-electron chi connectivity index (χ1n) is 7.04. The zero-order chi connectivity index (χ0) is 13.9. The molecule has 3 rings (SSSR count). The number of aryl methyl sites for hydroxylation is 1. The van der Waals surface area contributed by atoms with Gasteiger partial charge in [0.15, 0.2) is 0 Å². The number of rotatable bonds is 5. The molecule has 2 unspecified atom stereocenters. The van der Waals surface area contributed by atoms with Crippen LogP contribution in [0, 0.1) is 0 Å². The van der Waals surface area contributed by atoms with Crippen molar-refractivity contribution in [3.63, 3.8) is 0 Å². The fourth-order valence-electron chi connectivity index (χ4n) is 2.86. The Balaban J connectivity index is 1.93. The highest BCUT2D eigenvalue weighted by Crippen LogP contribution is 2.40. The zero-order valence-electron chi connectivity index (χ0n) is 11.6. The van der Waals surface area contributed by atoms with E-state index in [0.717, 1.165) is 24.5 Å². The Kier molecular flexibility index (Phi) is 3.71. The van der Waals surface area contributed by atoms with Crippen LogP contribution in [0.1, 0.15) is 36.7 Å². The average molecular weight is 272 g/mol. The molecular weight excluding hydrogens is 252 g/mol. The molecule has 106 valence electrons. The number of nitrogens with zero attached hydrogens (tertiary/aromatic N) is 2. The molecule has 0 saturated carbocycles. The largest absolute Gasteiger partial charge is 0.493 e. The SMILES string of the molecule is CCCn1ccnc1C(NN)C1COc2ccccc21. The van der Waals surface area contributed by atoms with E-state index in [2.05, 4.69) is 28.0 Å². The molecule has 0 aliphatic carbocycles. The first-order chi connectivity index (χ1) is 9.85. The quantitative estimate of drug-likeness (QED) is 0.645. The highest BCUT2D eigenvalue weighted by molar-refractivity contribution is 5.41. The van der Waals surface area contributed by atoms with Gasteiger partial charge in [0.25, 0.3) is 0 Å². The topological polar surface area (TPSA) is 65.1 Å². The highest BCUT2D eigenvalue weighted by Gasteiger charge is 2.33. The normalized spacial score (nSPS) is 18.6. The Morgan fingerprint density at radius 2 is 2.35 bits per heavy atom. The van der Waals surface area contributed by atoms with Crippen LogP contribution in [-0.4, -0.2) is 16.2 Å². The average Bonchev–Trinajstić information content (AvgIpc) is 3.09. The lowest BCUT2D eigenvalue weighted by atomic mass is 9.93. The Bertz CT molecular complexity index is 581. The first-order valence-corrected chi connectivity index (χ1v) is 7.04. The highest BCUT2D eigenvalue weighted by atomic mass is 16.5. The molecule has 1 aromatic heterocycles. The second kappa shape index (κ2) is 5.64. The van der Waals surface area contributed by atoms with Crippen LogP contribution >= 0.6 is 0 Å². The number of nitrogens with one attached hydrogen (secondary N) is 1. The third kappa shape index (κ3) is 2.19. The Morgan fingerprint density at radius 1 is 1.50 bits per heavy atom. The molecule has 0 spiro atoms. The number of aromatic nitrogens is 2. The summed E-state index contributed by atoms with van der Waals surface area (Å²) in [7, 11) is 0. The van der Waals surface area contributed by atoms with Gasteiger partial charge in [0, 0.05) is 30.4 Å². The van der Waals surface area contributed by atoms with E-state index in [0.29, 0.717) is 6.61 Å². The van der Waals surface area contributed by atoms with Crippen LogP contribution in [0.3, 0.4) is 0 Å². The predicted molar refractivity (Wildman–Crippen MR) is 77.3 cm³/mol. The summed E-state index contributed by atoms with van der Waals surface area (Å²) in [6, 6.07) is 8.09. The van der Waals surface area contributed by atoms with E-state index in [1.54, 1.807) is 0 Å². The molecule has 2 aromatic rings. The van der Waals surface area contributed by atoms with Gasteiger partial charge < -0.3 is 9.30 Å². The fraction of sp³-hybridized carbons (Fsp3) is 0.400. The summed E-state index contributed by atoms with van der Waals surface area (Å²) in [6.07, 6.45) is 4.90. The van der Waals surface area contributed by atoms with E-state index in [-0.39, 0.29) is 12.0 Å². The molecule has 0 amide bonds. The molecule has 1 aliphatic heterocycles. The van der Waals surface area contributed by atoms with Crippen LogP contribution in [0.4, 0.5) is 0 Å². The summed E-state index contributed by atoms with van der Waals surface area (Å²) in [6.45, 7) is 3.73. The molecule has 5 nitrogen and oxygen atoms in total. The van der Waals surface area contributed by atoms with Crippen LogP contribution in [0.15, 0.2) is 36.7 Å². The van der Waals surface area contributed by atoms with Crippen LogP contribution in [-0.2, 0) is 6.54 Å². The zero-order valence-corrected chi connectivity index (χ0v) is 11.6. The van der Waals surface area contributed by atoms with Crippen molar-refractivity contribution in [1.29, 1.82) is 0 Å². The predicted octanol–water partition coefficient (Wildman–Crippen LogP) is 1.97. The van der Waals surface area contributed by atoms with Gasteiger partial charge in [-0.3, -0.25) is 5.84 Å². The molecule has 0 fully saturated rings. The summed E-state index contributed by atoms with van der Waals surface area (Å²) in [5.41, 5.74) is 4.12. The van der Waals surface area contributed by atoms with Crippen LogP contribution < -0.4 is 16.0 Å². The lowest BCUT2D eigenvalue weighted by Gasteiger charge is -2.22. The van der Waals surface area contributed by atoms with Crippen molar-refractivity contribution >= 4 is 0 Å². The fourth-order valence-corrected chi connectivity index (χ4v) is 2.86. The number of hydrazine groups is 1. The molecule has 1 aromatic carbocycles.